The van der Waals surface area contributed by atoms with E-state index in [9.17, 15) is 10.1 Å². The lowest BCUT2D eigenvalue weighted by Crippen LogP contribution is -2.22. The summed E-state index contributed by atoms with van der Waals surface area (Å²) < 4.78 is 1.85. The minimum absolute atomic E-state index is 0.0846. The first-order valence-electron chi connectivity index (χ1n) is 7.99. The van der Waals surface area contributed by atoms with Gasteiger partial charge in [0.05, 0.1) is 23.3 Å². The first kappa shape index (κ1) is 16.9. The summed E-state index contributed by atoms with van der Waals surface area (Å²) in [6.45, 7) is 1.40. The van der Waals surface area contributed by atoms with E-state index < -0.39 is 0 Å². The van der Waals surface area contributed by atoms with Crippen LogP contribution in [0.4, 0.5) is 11.4 Å². The average molecular weight is 339 g/mol. The monoisotopic (exact) mass is 339 g/mol. The minimum atomic E-state index is -0.389. The number of fused-ring (bicyclic) bond motifs is 1. The van der Waals surface area contributed by atoms with Gasteiger partial charge in [-0.3, -0.25) is 19.7 Å². The van der Waals surface area contributed by atoms with Crippen LogP contribution in [0.5, 0.6) is 0 Å². The Labute approximate surface area is 146 Å². The first-order chi connectivity index (χ1) is 11.9. The van der Waals surface area contributed by atoms with Gasteiger partial charge in [0.25, 0.3) is 5.69 Å². The summed E-state index contributed by atoms with van der Waals surface area (Å²) in [5.74, 6) is 0. The van der Waals surface area contributed by atoms with Crippen LogP contribution < -0.4 is 4.90 Å². The number of anilines is 1. The smallest absolute Gasteiger partial charge is 0.270 e. The Bertz CT molecular complexity index is 886. The zero-order valence-electron chi connectivity index (χ0n) is 14.6. The number of nitro groups is 1. The molecule has 25 heavy (non-hydrogen) atoms. The van der Waals surface area contributed by atoms with Crippen LogP contribution in [0, 0.1) is 10.1 Å². The summed E-state index contributed by atoms with van der Waals surface area (Å²) in [4.78, 5) is 14.7. The maximum Gasteiger partial charge on any atom is 0.270 e. The Morgan fingerprint density at radius 2 is 1.84 bits per heavy atom. The van der Waals surface area contributed by atoms with Gasteiger partial charge in [0, 0.05) is 43.8 Å². The molecule has 7 heteroatoms. The Balaban J connectivity index is 1.71. The van der Waals surface area contributed by atoms with Crippen LogP contribution >= 0.6 is 0 Å². The number of aromatic nitrogens is 2. The largest absolute Gasteiger partial charge is 0.378 e. The van der Waals surface area contributed by atoms with Gasteiger partial charge >= 0.3 is 0 Å². The molecule has 0 fully saturated rings. The SMILES string of the molecule is CN(Cc1ccc(N(C)C)cc1)Cn1ncc2cc([N+](=O)[O-])ccc21. The predicted octanol–water partition coefficient (Wildman–Crippen LogP) is 3.10. The normalized spacial score (nSPS) is 11.2. The van der Waals surface area contributed by atoms with E-state index in [4.69, 9.17) is 0 Å². The molecule has 0 aliphatic carbocycles. The minimum Gasteiger partial charge on any atom is -0.378 e. The molecular weight excluding hydrogens is 318 g/mol. The number of rotatable bonds is 6. The Hall–Kier alpha value is -2.93. The molecule has 2 aromatic carbocycles. The first-order valence-corrected chi connectivity index (χ1v) is 7.99. The van der Waals surface area contributed by atoms with Crippen molar-refractivity contribution in [2.45, 2.75) is 13.2 Å². The van der Waals surface area contributed by atoms with E-state index in [1.54, 1.807) is 18.3 Å². The lowest BCUT2D eigenvalue weighted by Gasteiger charge is -2.18. The topological polar surface area (TPSA) is 67.4 Å². The van der Waals surface area contributed by atoms with Gasteiger partial charge in [0.1, 0.15) is 0 Å². The van der Waals surface area contributed by atoms with Gasteiger partial charge in [-0.1, -0.05) is 12.1 Å². The summed E-state index contributed by atoms with van der Waals surface area (Å²) in [6.07, 6.45) is 1.67. The van der Waals surface area contributed by atoms with Crippen LogP contribution in [0.2, 0.25) is 0 Å². The van der Waals surface area contributed by atoms with Crippen molar-refractivity contribution in [2.24, 2.45) is 0 Å². The van der Waals surface area contributed by atoms with Crippen LogP contribution in [0.3, 0.4) is 0 Å². The highest BCUT2D eigenvalue weighted by Gasteiger charge is 2.11. The molecule has 0 bridgehead atoms. The zero-order chi connectivity index (χ0) is 18.0. The molecule has 130 valence electrons. The molecule has 0 radical (unpaired) electrons. The lowest BCUT2D eigenvalue weighted by molar-refractivity contribution is -0.384. The molecule has 0 unspecified atom stereocenters. The Morgan fingerprint density at radius 3 is 2.48 bits per heavy atom. The zero-order valence-corrected chi connectivity index (χ0v) is 14.6. The van der Waals surface area contributed by atoms with Crippen molar-refractivity contribution in [3.8, 4) is 0 Å². The molecule has 7 nitrogen and oxygen atoms in total. The van der Waals surface area contributed by atoms with Crippen LogP contribution in [-0.4, -0.2) is 40.7 Å². The quantitative estimate of drug-likeness (QED) is 0.510. The van der Waals surface area contributed by atoms with E-state index in [1.807, 2.05) is 25.8 Å². The molecule has 0 spiro atoms. The third kappa shape index (κ3) is 3.77. The molecule has 3 rings (SSSR count). The van der Waals surface area contributed by atoms with Crippen molar-refractivity contribution in [3.05, 3.63) is 64.3 Å². The van der Waals surface area contributed by atoms with Crippen LogP contribution in [0.1, 0.15) is 5.56 Å². The average Bonchev–Trinajstić information content (AvgIpc) is 2.97. The van der Waals surface area contributed by atoms with Crippen LogP contribution in [-0.2, 0) is 13.2 Å². The third-order valence-corrected chi connectivity index (χ3v) is 4.12. The summed E-state index contributed by atoms with van der Waals surface area (Å²) in [5, 5.41) is 16.0. The number of hydrogen-bond donors (Lipinski definition) is 0. The molecule has 1 heterocycles. The van der Waals surface area contributed by atoms with E-state index in [2.05, 4.69) is 39.2 Å². The van der Waals surface area contributed by atoms with Crippen molar-refractivity contribution < 1.29 is 4.92 Å². The lowest BCUT2D eigenvalue weighted by atomic mass is 10.2. The van der Waals surface area contributed by atoms with Gasteiger partial charge in [-0.05, 0) is 30.8 Å². The summed E-state index contributed by atoms with van der Waals surface area (Å²) in [6, 6.07) is 13.3. The summed E-state index contributed by atoms with van der Waals surface area (Å²) in [5.41, 5.74) is 3.37. The van der Waals surface area contributed by atoms with Gasteiger partial charge in [-0.15, -0.1) is 0 Å². The van der Waals surface area contributed by atoms with Crippen LogP contribution in [0.15, 0.2) is 48.7 Å². The maximum absolute atomic E-state index is 10.9. The molecule has 1 aromatic heterocycles. The van der Waals surface area contributed by atoms with Crippen molar-refractivity contribution in [2.75, 3.05) is 26.0 Å². The van der Waals surface area contributed by atoms with Gasteiger partial charge in [0.2, 0.25) is 0 Å². The van der Waals surface area contributed by atoms with E-state index >= 15 is 0 Å². The second kappa shape index (κ2) is 6.90. The number of benzene rings is 2. The molecule has 0 saturated carbocycles. The fraction of sp³-hybridized carbons (Fsp3) is 0.278. The number of hydrogen-bond acceptors (Lipinski definition) is 5. The molecule has 0 atom stereocenters. The van der Waals surface area contributed by atoms with Crippen LogP contribution in [0.25, 0.3) is 10.9 Å². The molecule has 3 aromatic rings. The van der Waals surface area contributed by atoms with Crippen molar-refractivity contribution in [1.29, 1.82) is 0 Å². The van der Waals surface area contributed by atoms with Gasteiger partial charge < -0.3 is 4.90 Å². The molecule has 0 aliphatic rings. The predicted molar refractivity (Wildman–Crippen MR) is 98.6 cm³/mol. The highest BCUT2D eigenvalue weighted by Crippen LogP contribution is 2.21. The molecule has 0 amide bonds. The Kier molecular flexibility index (Phi) is 4.67. The highest BCUT2D eigenvalue weighted by molar-refractivity contribution is 5.81. The van der Waals surface area contributed by atoms with Crippen molar-refractivity contribution in [3.63, 3.8) is 0 Å². The van der Waals surface area contributed by atoms with Crippen molar-refractivity contribution in [1.82, 2.24) is 14.7 Å². The molecule has 0 N–H and O–H groups in total. The fourth-order valence-corrected chi connectivity index (χ4v) is 2.79. The summed E-state index contributed by atoms with van der Waals surface area (Å²) in [7, 11) is 6.07. The fourth-order valence-electron chi connectivity index (χ4n) is 2.79. The molecule has 0 aliphatic heterocycles. The van der Waals surface area contributed by atoms with Gasteiger partial charge in [-0.2, -0.15) is 5.10 Å². The molecule has 0 saturated heterocycles. The highest BCUT2D eigenvalue weighted by atomic mass is 16.6. The number of nitro benzene ring substituents is 1. The maximum atomic E-state index is 10.9. The van der Waals surface area contributed by atoms with E-state index in [0.29, 0.717) is 6.67 Å². The van der Waals surface area contributed by atoms with Crippen molar-refractivity contribution >= 4 is 22.3 Å². The molecular formula is C18H21N5O2. The Morgan fingerprint density at radius 1 is 1.12 bits per heavy atom. The summed E-state index contributed by atoms with van der Waals surface area (Å²) >= 11 is 0. The second-order valence-electron chi connectivity index (χ2n) is 6.36. The number of non-ortho nitro benzene ring substituents is 1. The van der Waals surface area contributed by atoms with Gasteiger partial charge in [-0.25, -0.2) is 0 Å². The number of nitrogens with zero attached hydrogens (tertiary/aromatic N) is 5. The standard InChI is InChI=1S/C18H21N5O2/c1-20(2)16-6-4-14(5-7-16)12-21(3)13-22-18-9-8-17(23(24)25)10-15(18)11-19-22/h4-11H,12-13H2,1-3H3. The van der Waals surface area contributed by atoms with E-state index in [1.165, 1.54) is 17.3 Å². The second-order valence-corrected chi connectivity index (χ2v) is 6.36. The van der Waals surface area contributed by atoms with E-state index in [0.717, 1.165) is 17.4 Å². The van der Waals surface area contributed by atoms with E-state index in [-0.39, 0.29) is 10.6 Å². The van der Waals surface area contributed by atoms with Gasteiger partial charge in [0.15, 0.2) is 0 Å². The third-order valence-electron chi connectivity index (χ3n) is 4.12.